The summed E-state index contributed by atoms with van der Waals surface area (Å²) in [7, 11) is 1.99. The first-order valence-electron chi connectivity index (χ1n) is 5.93. The summed E-state index contributed by atoms with van der Waals surface area (Å²) in [6, 6.07) is 0.568. The van der Waals surface area contributed by atoms with Crippen LogP contribution in [0.2, 0.25) is 0 Å². The van der Waals surface area contributed by atoms with Crippen LogP contribution in [-0.2, 0) is 14.4 Å². The summed E-state index contributed by atoms with van der Waals surface area (Å²) in [4.78, 5) is 28.3. The van der Waals surface area contributed by atoms with Gasteiger partial charge in [-0.05, 0) is 33.2 Å². The Balaban J connectivity index is 1.97. The first-order valence-corrected chi connectivity index (χ1v) is 5.93. The number of nitrogens with zero attached hydrogens (tertiary/aromatic N) is 2. The Morgan fingerprint density at radius 1 is 1.61 bits per heavy atom. The topological polar surface area (TPSA) is 81.9 Å². The van der Waals surface area contributed by atoms with E-state index in [9.17, 15) is 14.9 Å². The van der Waals surface area contributed by atoms with Gasteiger partial charge in [-0.1, -0.05) is 6.08 Å². The van der Waals surface area contributed by atoms with E-state index in [1.54, 1.807) is 0 Å². The molecule has 0 radical (unpaired) electrons. The molecule has 0 aromatic rings. The smallest absolute Gasteiger partial charge is 0.337 e. The van der Waals surface area contributed by atoms with Gasteiger partial charge in [-0.3, -0.25) is 9.74 Å². The van der Waals surface area contributed by atoms with Crippen molar-refractivity contribution >= 4 is 5.97 Å². The summed E-state index contributed by atoms with van der Waals surface area (Å²) in [5.74, 6) is -0.526. The van der Waals surface area contributed by atoms with Crippen LogP contribution in [0.3, 0.4) is 0 Å². The van der Waals surface area contributed by atoms with Gasteiger partial charge in [-0.15, -0.1) is 10.1 Å². The molecule has 7 heteroatoms. The van der Waals surface area contributed by atoms with Gasteiger partial charge in [0.2, 0.25) is 6.29 Å². The Morgan fingerprint density at radius 2 is 2.33 bits per heavy atom. The van der Waals surface area contributed by atoms with Crippen LogP contribution in [-0.4, -0.2) is 41.4 Å². The summed E-state index contributed by atoms with van der Waals surface area (Å²) in [6.07, 6.45) is 3.51. The van der Waals surface area contributed by atoms with E-state index in [1.165, 1.54) is 6.92 Å². The molecule has 0 aliphatic carbocycles. The summed E-state index contributed by atoms with van der Waals surface area (Å²) >= 11 is 0. The molecule has 0 saturated carbocycles. The van der Waals surface area contributed by atoms with E-state index in [-0.39, 0.29) is 6.04 Å². The van der Waals surface area contributed by atoms with Gasteiger partial charge in [0.15, 0.2) is 0 Å². The number of carbonyl (C=O) groups excluding carboxylic acids is 1. The fourth-order valence-electron chi connectivity index (χ4n) is 2.65. The molecule has 1 fully saturated rings. The Hall–Kier alpha value is -1.63. The highest BCUT2D eigenvalue weighted by Gasteiger charge is 2.39. The highest BCUT2D eigenvalue weighted by atomic mass is 17.0. The molecule has 0 aromatic carbocycles. The molecule has 2 heterocycles. The molecule has 3 atom stereocenters. The number of hydrogen-bond acceptors (Lipinski definition) is 6. The third-order valence-electron chi connectivity index (χ3n) is 3.55. The van der Waals surface area contributed by atoms with Crippen LogP contribution < -0.4 is 0 Å². The molecule has 2 rings (SSSR count). The van der Waals surface area contributed by atoms with Crippen molar-refractivity contribution in [2.45, 2.75) is 44.6 Å². The van der Waals surface area contributed by atoms with Crippen molar-refractivity contribution in [1.82, 2.24) is 4.90 Å². The minimum Gasteiger partial charge on any atom is -0.432 e. The van der Waals surface area contributed by atoms with Crippen molar-refractivity contribution < 1.29 is 19.5 Å². The summed E-state index contributed by atoms with van der Waals surface area (Å²) < 4.78 is 4.90. The third kappa shape index (κ3) is 2.45. The Morgan fingerprint density at radius 3 is 3.00 bits per heavy atom. The lowest BCUT2D eigenvalue weighted by molar-refractivity contribution is -0.777. The number of fused-ring (bicyclic) bond motifs is 2. The van der Waals surface area contributed by atoms with E-state index in [0.29, 0.717) is 11.6 Å². The van der Waals surface area contributed by atoms with E-state index in [2.05, 4.69) is 9.74 Å². The second kappa shape index (κ2) is 4.93. The number of esters is 1. The van der Waals surface area contributed by atoms with Crippen LogP contribution in [0.1, 0.15) is 26.2 Å². The molecule has 0 N–H and O–H groups in total. The maximum atomic E-state index is 11.9. The van der Waals surface area contributed by atoms with Crippen molar-refractivity contribution in [3.8, 4) is 0 Å². The average Bonchev–Trinajstić information content (AvgIpc) is 2.50. The van der Waals surface area contributed by atoms with E-state index in [0.717, 1.165) is 19.3 Å². The third-order valence-corrected chi connectivity index (χ3v) is 3.55. The molecule has 2 bridgehead atoms. The van der Waals surface area contributed by atoms with Gasteiger partial charge >= 0.3 is 5.97 Å². The molecule has 18 heavy (non-hydrogen) atoms. The molecular formula is C11H16N2O5. The molecule has 2 aliphatic heterocycles. The predicted octanol–water partition coefficient (Wildman–Crippen LogP) is 0.877. The van der Waals surface area contributed by atoms with Crippen LogP contribution in [0.5, 0.6) is 0 Å². The van der Waals surface area contributed by atoms with Crippen molar-refractivity contribution in [1.29, 1.82) is 0 Å². The normalized spacial score (nSPS) is 28.4. The lowest BCUT2D eigenvalue weighted by Gasteiger charge is -2.30. The summed E-state index contributed by atoms with van der Waals surface area (Å²) in [5.41, 5.74) is 0.588. The summed E-state index contributed by atoms with van der Waals surface area (Å²) in [5, 5.41) is 9.15. The Kier molecular flexibility index (Phi) is 3.51. The fourth-order valence-corrected chi connectivity index (χ4v) is 2.65. The number of hydrogen-bond donors (Lipinski definition) is 0. The zero-order valence-electron chi connectivity index (χ0n) is 10.4. The van der Waals surface area contributed by atoms with Gasteiger partial charge in [0.05, 0.1) is 5.57 Å². The van der Waals surface area contributed by atoms with E-state index >= 15 is 0 Å². The molecule has 1 saturated heterocycles. The molecule has 0 spiro atoms. The minimum atomic E-state index is -1.18. The van der Waals surface area contributed by atoms with Crippen molar-refractivity contribution in [2.75, 3.05) is 7.05 Å². The van der Waals surface area contributed by atoms with Crippen LogP contribution in [0.25, 0.3) is 0 Å². The molecule has 100 valence electrons. The SMILES string of the molecule is CC(OC(=O)C1=CCC2CCC1N2C)O[N+](=O)[O-]. The molecule has 3 unspecified atom stereocenters. The molecule has 2 aliphatic rings. The zero-order valence-corrected chi connectivity index (χ0v) is 10.4. The maximum absolute atomic E-state index is 11.9. The monoisotopic (exact) mass is 256 g/mol. The quantitative estimate of drug-likeness (QED) is 0.321. The Labute approximate surface area is 104 Å². The standard InChI is InChI=1S/C11H16N2O5/c1-7(18-13(15)16)17-11(14)9-5-3-8-4-6-10(9)12(8)2/h5,7-8,10H,3-4,6H2,1-2H3. The van der Waals surface area contributed by atoms with Gasteiger partial charge < -0.3 is 4.74 Å². The average molecular weight is 256 g/mol. The first kappa shape index (κ1) is 12.8. The van der Waals surface area contributed by atoms with Crippen molar-refractivity contribution in [2.24, 2.45) is 0 Å². The highest BCUT2D eigenvalue weighted by Crippen LogP contribution is 2.34. The molecule has 7 nitrogen and oxygen atoms in total. The van der Waals surface area contributed by atoms with Gasteiger partial charge in [0, 0.05) is 12.1 Å². The second-order valence-corrected chi connectivity index (χ2v) is 4.61. The van der Waals surface area contributed by atoms with Gasteiger partial charge in [-0.2, -0.15) is 0 Å². The van der Waals surface area contributed by atoms with E-state index in [4.69, 9.17) is 4.74 Å². The lowest BCUT2D eigenvalue weighted by Crippen LogP contribution is -2.39. The van der Waals surface area contributed by atoms with Crippen molar-refractivity contribution in [3.63, 3.8) is 0 Å². The summed E-state index contributed by atoms with van der Waals surface area (Å²) in [6.45, 7) is 1.32. The van der Waals surface area contributed by atoms with E-state index < -0.39 is 17.3 Å². The fraction of sp³-hybridized carbons (Fsp3) is 0.727. The minimum absolute atomic E-state index is 0.0686. The number of rotatable bonds is 4. The Bertz CT molecular complexity index is 395. The van der Waals surface area contributed by atoms with Crippen LogP contribution in [0.15, 0.2) is 11.6 Å². The van der Waals surface area contributed by atoms with Gasteiger partial charge in [-0.25, -0.2) is 4.79 Å². The molecule has 0 aromatic heterocycles. The van der Waals surface area contributed by atoms with Crippen LogP contribution in [0, 0.1) is 10.1 Å². The number of ether oxygens (including phenoxy) is 1. The first-order chi connectivity index (χ1) is 8.49. The van der Waals surface area contributed by atoms with Crippen LogP contribution >= 0.6 is 0 Å². The maximum Gasteiger partial charge on any atom is 0.337 e. The van der Waals surface area contributed by atoms with Crippen molar-refractivity contribution in [3.05, 3.63) is 21.8 Å². The van der Waals surface area contributed by atoms with E-state index in [1.807, 2.05) is 13.1 Å². The van der Waals surface area contributed by atoms with Gasteiger partial charge in [0.1, 0.15) is 0 Å². The highest BCUT2D eigenvalue weighted by molar-refractivity contribution is 5.90. The second-order valence-electron chi connectivity index (χ2n) is 4.61. The van der Waals surface area contributed by atoms with Crippen LogP contribution in [0.4, 0.5) is 0 Å². The molecule has 0 amide bonds. The number of carbonyl (C=O) groups is 1. The largest absolute Gasteiger partial charge is 0.432 e. The molecular weight excluding hydrogens is 240 g/mol. The number of likely N-dealkylation sites (N-methyl/N-ethyl adjacent to an activating group) is 1. The zero-order chi connectivity index (χ0) is 13.3. The lowest BCUT2D eigenvalue weighted by atomic mass is 10.0. The van der Waals surface area contributed by atoms with Gasteiger partial charge in [0.25, 0.3) is 5.09 Å². The predicted molar refractivity (Wildman–Crippen MR) is 60.9 cm³/mol.